The highest BCUT2D eigenvalue weighted by Gasteiger charge is 2.14. The summed E-state index contributed by atoms with van der Waals surface area (Å²) in [4.78, 5) is 4.70. The van der Waals surface area contributed by atoms with E-state index in [0.717, 1.165) is 33.9 Å². The van der Waals surface area contributed by atoms with Crippen LogP contribution in [0, 0.1) is 20.8 Å². The van der Waals surface area contributed by atoms with E-state index in [1.54, 1.807) is 7.11 Å². The van der Waals surface area contributed by atoms with E-state index >= 15 is 0 Å². The van der Waals surface area contributed by atoms with E-state index in [4.69, 9.17) is 15.5 Å². The number of hydrogen-bond donors (Lipinski definition) is 1. The van der Waals surface area contributed by atoms with Crippen molar-refractivity contribution in [3.8, 4) is 17.0 Å². The number of benzene rings is 1. The minimum atomic E-state index is 0.673. The number of nitrogen functional groups attached to an aromatic ring is 1. The molecule has 0 radical (unpaired) electrons. The predicted molar refractivity (Wildman–Crippen MR) is 85.8 cm³/mol. The first-order chi connectivity index (χ1) is 10.0. The van der Waals surface area contributed by atoms with E-state index in [-0.39, 0.29) is 0 Å². The van der Waals surface area contributed by atoms with Crippen LogP contribution in [0.25, 0.3) is 16.9 Å². The Balaban J connectivity index is 2.23. The van der Waals surface area contributed by atoms with Gasteiger partial charge in [0.15, 0.2) is 0 Å². The Morgan fingerprint density at radius 1 is 1.10 bits per heavy atom. The zero-order valence-corrected chi connectivity index (χ0v) is 12.8. The van der Waals surface area contributed by atoms with E-state index in [9.17, 15) is 0 Å². The summed E-state index contributed by atoms with van der Waals surface area (Å²) in [5.74, 6) is 1.54. The highest BCUT2D eigenvalue weighted by Crippen LogP contribution is 2.31. The minimum absolute atomic E-state index is 0.673. The third-order valence-corrected chi connectivity index (χ3v) is 3.75. The van der Waals surface area contributed by atoms with Crippen LogP contribution in [0.5, 0.6) is 5.75 Å². The molecule has 0 atom stereocenters. The first kappa shape index (κ1) is 13.5. The molecule has 0 saturated carbocycles. The molecule has 0 spiro atoms. The van der Waals surface area contributed by atoms with Gasteiger partial charge in [-0.1, -0.05) is 0 Å². The summed E-state index contributed by atoms with van der Waals surface area (Å²) in [7, 11) is 1.67. The molecule has 108 valence electrons. The molecule has 1 aromatic carbocycles. The number of aryl methyl sites for hydroxylation is 3. The lowest BCUT2D eigenvalue weighted by molar-refractivity contribution is 0.412. The van der Waals surface area contributed by atoms with Crippen molar-refractivity contribution in [1.29, 1.82) is 0 Å². The second-order valence-electron chi connectivity index (χ2n) is 5.40. The molecule has 0 aliphatic rings. The van der Waals surface area contributed by atoms with Crippen molar-refractivity contribution in [2.75, 3.05) is 12.8 Å². The third-order valence-electron chi connectivity index (χ3n) is 3.75. The highest BCUT2D eigenvalue weighted by molar-refractivity contribution is 5.76. The van der Waals surface area contributed by atoms with Crippen molar-refractivity contribution >= 4 is 11.5 Å². The summed E-state index contributed by atoms with van der Waals surface area (Å²) < 4.78 is 7.29. The number of pyridine rings is 1. The highest BCUT2D eigenvalue weighted by atomic mass is 16.5. The van der Waals surface area contributed by atoms with Crippen LogP contribution in [0.1, 0.15) is 16.8 Å². The molecule has 2 N–H and O–H groups in total. The summed E-state index contributed by atoms with van der Waals surface area (Å²) in [5, 5.41) is 0. The van der Waals surface area contributed by atoms with Gasteiger partial charge >= 0.3 is 0 Å². The summed E-state index contributed by atoms with van der Waals surface area (Å²) in [6.07, 6.45) is 0. The van der Waals surface area contributed by atoms with Crippen LogP contribution < -0.4 is 10.5 Å². The molecule has 0 bridgehead atoms. The van der Waals surface area contributed by atoms with Gasteiger partial charge in [0.2, 0.25) is 0 Å². The molecule has 0 aliphatic heterocycles. The Morgan fingerprint density at radius 3 is 2.52 bits per heavy atom. The largest absolute Gasteiger partial charge is 0.496 e. The second kappa shape index (κ2) is 4.81. The maximum Gasteiger partial charge on any atom is 0.139 e. The summed E-state index contributed by atoms with van der Waals surface area (Å²) >= 11 is 0. The lowest BCUT2D eigenvalue weighted by Gasteiger charge is -2.07. The predicted octanol–water partition coefficient (Wildman–Crippen LogP) is 3.52. The van der Waals surface area contributed by atoms with Crippen LogP contribution in [0.2, 0.25) is 0 Å². The van der Waals surface area contributed by atoms with Gasteiger partial charge in [-0.2, -0.15) is 0 Å². The topological polar surface area (TPSA) is 52.5 Å². The Labute approximate surface area is 124 Å². The average Bonchev–Trinajstić information content (AvgIpc) is 2.75. The van der Waals surface area contributed by atoms with E-state index in [0.29, 0.717) is 5.82 Å². The van der Waals surface area contributed by atoms with Crippen LogP contribution in [-0.2, 0) is 0 Å². The molecule has 2 aromatic heterocycles. The van der Waals surface area contributed by atoms with Crippen LogP contribution in [-0.4, -0.2) is 16.5 Å². The lowest BCUT2D eigenvalue weighted by Crippen LogP contribution is -1.98. The number of hydrogen-bond acceptors (Lipinski definition) is 3. The Morgan fingerprint density at radius 2 is 1.86 bits per heavy atom. The number of nitrogens with zero attached hydrogens (tertiary/aromatic N) is 2. The number of aromatic nitrogens is 2. The SMILES string of the molecule is COc1ccc(-c2nc3cc(C)cc(C)n3c2N)cc1C. The Hall–Kier alpha value is -2.49. The normalized spacial score (nSPS) is 11.0. The molecule has 0 saturated heterocycles. The monoisotopic (exact) mass is 281 g/mol. The molecule has 0 amide bonds. The molecule has 3 aromatic rings. The number of methoxy groups -OCH3 is 1. The molecule has 0 fully saturated rings. The molecule has 2 heterocycles. The molecule has 0 unspecified atom stereocenters. The van der Waals surface area contributed by atoms with E-state index in [1.165, 1.54) is 5.56 Å². The number of rotatable bonds is 2. The number of nitrogens with two attached hydrogens (primary N) is 1. The van der Waals surface area contributed by atoms with E-state index < -0.39 is 0 Å². The molecule has 21 heavy (non-hydrogen) atoms. The van der Waals surface area contributed by atoms with Crippen molar-refractivity contribution in [2.24, 2.45) is 0 Å². The van der Waals surface area contributed by atoms with Crippen LogP contribution in [0.4, 0.5) is 5.82 Å². The van der Waals surface area contributed by atoms with Crippen molar-refractivity contribution < 1.29 is 4.74 Å². The summed E-state index contributed by atoms with van der Waals surface area (Å²) in [5.41, 5.74) is 12.4. The first-order valence-corrected chi connectivity index (χ1v) is 6.91. The van der Waals surface area contributed by atoms with Crippen molar-refractivity contribution in [1.82, 2.24) is 9.38 Å². The van der Waals surface area contributed by atoms with Gasteiger partial charge in [0.1, 0.15) is 22.9 Å². The molecule has 3 rings (SSSR count). The van der Waals surface area contributed by atoms with Gasteiger partial charge in [0, 0.05) is 11.3 Å². The van der Waals surface area contributed by atoms with Gasteiger partial charge in [-0.25, -0.2) is 4.98 Å². The second-order valence-corrected chi connectivity index (χ2v) is 5.40. The molecule has 4 heteroatoms. The van der Waals surface area contributed by atoms with Crippen molar-refractivity contribution in [3.05, 3.63) is 47.2 Å². The van der Waals surface area contributed by atoms with E-state index in [2.05, 4.69) is 19.1 Å². The summed E-state index contributed by atoms with van der Waals surface area (Å²) in [6, 6.07) is 10.1. The number of anilines is 1. The average molecular weight is 281 g/mol. The summed E-state index contributed by atoms with van der Waals surface area (Å²) in [6.45, 7) is 6.12. The molecular formula is C17H19N3O. The maximum atomic E-state index is 6.31. The Kier molecular flexibility index (Phi) is 3.09. The zero-order valence-electron chi connectivity index (χ0n) is 12.8. The molecular weight excluding hydrogens is 262 g/mol. The quantitative estimate of drug-likeness (QED) is 0.782. The van der Waals surface area contributed by atoms with Gasteiger partial charge in [-0.05, 0) is 62.2 Å². The van der Waals surface area contributed by atoms with Crippen LogP contribution in [0.3, 0.4) is 0 Å². The lowest BCUT2D eigenvalue weighted by atomic mass is 10.1. The number of fused-ring (bicyclic) bond motifs is 1. The van der Waals surface area contributed by atoms with Gasteiger partial charge in [-0.15, -0.1) is 0 Å². The number of ether oxygens (including phenoxy) is 1. The van der Waals surface area contributed by atoms with Gasteiger partial charge in [-0.3, -0.25) is 4.40 Å². The maximum absolute atomic E-state index is 6.31. The van der Waals surface area contributed by atoms with Gasteiger partial charge < -0.3 is 10.5 Å². The van der Waals surface area contributed by atoms with Crippen LogP contribution in [0.15, 0.2) is 30.3 Å². The number of imidazole rings is 1. The first-order valence-electron chi connectivity index (χ1n) is 6.91. The third kappa shape index (κ3) is 2.13. The van der Waals surface area contributed by atoms with Crippen LogP contribution >= 0.6 is 0 Å². The Bertz CT molecular complexity index is 834. The van der Waals surface area contributed by atoms with Gasteiger partial charge in [0.25, 0.3) is 0 Å². The minimum Gasteiger partial charge on any atom is -0.496 e. The van der Waals surface area contributed by atoms with Crippen molar-refractivity contribution in [3.63, 3.8) is 0 Å². The molecule has 4 nitrogen and oxygen atoms in total. The van der Waals surface area contributed by atoms with E-state index in [1.807, 2.05) is 36.4 Å². The standard InChI is InChI=1S/C17H19N3O/c1-10-7-12(3)20-15(8-10)19-16(17(20)18)13-5-6-14(21-4)11(2)9-13/h5-9H,18H2,1-4H3. The fourth-order valence-electron chi connectivity index (χ4n) is 2.80. The fourth-order valence-corrected chi connectivity index (χ4v) is 2.80. The van der Waals surface area contributed by atoms with Gasteiger partial charge in [0.05, 0.1) is 7.11 Å². The molecule has 0 aliphatic carbocycles. The van der Waals surface area contributed by atoms with Crippen molar-refractivity contribution in [2.45, 2.75) is 20.8 Å². The smallest absolute Gasteiger partial charge is 0.139 e. The zero-order chi connectivity index (χ0) is 15.1. The fraction of sp³-hybridized carbons (Fsp3) is 0.235.